The number of rotatable bonds is 7. The second-order valence-corrected chi connectivity index (χ2v) is 6.11. The summed E-state index contributed by atoms with van der Waals surface area (Å²) in [7, 11) is 0. The monoisotopic (exact) mass is 385 g/mol. The highest BCUT2D eigenvalue weighted by atomic mass is 35.5. The molecule has 0 atom stereocenters. The van der Waals surface area contributed by atoms with Crippen molar-refractivity contribution < 1.29 is 19.1 Å². The van der Waals surface area contributed by atoms with Gasteiger partial charge >= 0.3 is 0 Å². The molecule has 1 aromatic carbocycles. The molecule has 1 heterocycles. The van der Waals surface area contributed by atoms with Crippen LogP contribution in [0, 0.1) is 0 Å². The van der Waals surface area contributed by atoms with Crippen LogP contribution in [0.2, 0.25) is 0 Å². The van der Waals surface area contributed by atoms with E-state index in [4.69, 9.17) is 15.2 Å². The molecule has 0 radical (unpaired) electrons. The number of nitrogens with one attached hydrogen (secondary N) is 1. The second-order valence-electron chi connectivity index (χ2n) is 6.11. The zero-order chi connectivity index (χ0) is 18.3. The van der Waals surface area contributed by atoms with Gasteiger partial charge < -0.3 is 25.4 Å². The molecule has 1 aliphatic rings. The van der Waals surface area contributed by atoms with Gasteiger partial charge in [0.2, 0.25) is 5.91 Å². The fraction of sp³-hybridized carbons (Fsp3) is 0.556. The lowest BCUT2D eigenvalue weighted by Gasteiger charge is -2.31. The third-order valence-corrected chi connectivity index (χ3v) is 4.41. The molecule has 0 saturated carbocycles. The molecule has 8 heteroatoms. The highest BCUT2D eigenvalue weighted by molar-refractivity contribution is 5.98. The van der Waals surface area contributed by atoms with Crippen molar-refractivity contribution in [2.45, 2.75) is 32.2 Å². The molecule has 0 aliphatic carbocycles. The second kappa shape index (κ2) is 10.4. The van der Waals surface area contributed by atoms with Gasteiger partial charge in [-0.05, 0) is 38.8 Å². The number of carbonyl (C=O) groups excluding carboxylic acids is 2. The summed E-state index contributed by atoms with van der Waals surface area (Å²) in [5.74, 6) is 0.228. The number of halogens is 1. The average molecular weight is 386 g/mol. The molecule has 2 amide bonds. The summed E-state index contributed by atoms with van der Waals surface area (Å²) in [4.78, 5) is 26.1. The Hall–Kier alpha value is -1.83. The molecule has 1 aromatic rings. The van der Waals surface area contributed by atoms with Gasteiger partial charge in [0.05, 0.1) is 0 Å². The number of hydrogen-bond donors (Lipinski definition) is 2. The van der Waals surface area contributed by atoms with E-state index in [9.17, 15) is 9.59 Å². The van der Waals surface area contributed by atoms with E-state index in [0.717, 1.165) is 0 Å². The Morgan fingerprint density at radius 1 is 1.27 bits per heavy atom. The van der Waals surface area contributed by atoms with E-state index < -0.39 is 5.54 Å². The smallest absolute Gasteiger partial charge is 0.260 e. The Labute approximate surface area is 160 Å². The zero-order valence-electron chi connectivity index (χ0n) is 15.3. The SMILES string of the molecule is CCN(CC)C(=O)COc1cccc(NC(=O)C2(N)CCOCC2)c1.Cl. The first-order valence-electron chi connectivity index (χ1n) is 8.67. The topological polar surface area (TPSA) is 93.9 Å². The van der Waals surface area contributed by atoms with Crippen molar-refractivity contribution in [2.75, 3.05) is 38.2 Å². The molecule has 0 aromatic heterocycles. The number of ether oxygens (including phenoxy) is 2. The van der Waals surface area contributed by atoms with E-state index in [0.29, 0.717) is 50.6 Å². The number of benzene rings is 1. The van der Waals surface area contributed by atoms with E-state index >= 15 is 0 Å². The Kier molecular flexibility index (Phi) is 8.84. The van der Waals surface area contributed by atoms with E-state index in [1.807, 2.05) is 13.8 Å². The maximum Gasteiger partial charge on any atom is 0.260 e. The first-order valence-corrected chi connectivity index (χ1v) is 8.67. The van der Waals surface area contributed by atoms with E-state index in [1.54, 1.807) is 29.2 Å². The molecule has 3 N–H and O–H groups in total. The predicted molar refractivity (Wildman–Crippen MR) is 103 cm³/mol. The zero-order valence-corrected chi connectivity index (χ0v) is 16.1. The van der Waals surface area contributed by atoms with Gasteiger partial charge in [-0.3, -0.25) is 9.59 Å². The minimum absolute atomic E-state index is 0. The van der Waals surface area contributed by atoms with Crippen molar-refractivity contribution in [1.82, 2.24) is 4.90 Å². The summed E-state index contributed by atoms with van der Waals surface area (Å²) < 4.78 is 10.8. The Morgan fingerprint density at radius 2 is 1.92 bits per heavy atom. The summed E-state index contributed by atoms with van der Waals surface area (Å²) in [5.41, 5.74) is 5.86. The normalized spacial score (nSPS) is 15.5. The van der Waals surface area contributed by atoms with Gasteiger partial charge in [0.15, 0.2) is 6.61 Å². The Bertz CT molecular complexity index is 602. The molecule has 1 aliphatic heterocycles. The van der Waals surface area contributed by atoms with Crippen LogP contribution in [0.15, 0.2) is 24.3 Å². The Morgan fingerprint density at radius 3 is 2.54 bits per heavy atom. The standard InChI is InChI=1S/C18H27N3O4.ClH/c1-3-21(4-2)16(22)13-25-15-7-5-6-14(12-15)20-17(23)18(19)8-10-24-11-9-18;/h5-7,12H,3-4,8-11,13,19H2,1-2H3,(H,20,23);1H. The molecule has 146 valence electrons. The molecule has 2 rings (SSSR count). The van der Waals surface area contributed by atoms with Crippen LogP contribution in [0.4, 0.5) is 5.69 Å². The van der Waals surface area contributed by atoms with Crippen molar-refractivity contribution in [2.24, 2.45) is 5.73 Å². The minimum atomic E-state index is -0.909. The van der Waals surface area contributed by atoms with E-state index in [2.05, 4.69) is 5.32 Å². The summed E-state index contributed by atoms with van der Waals surface area (Å²) in [6.07, 6.45) is 0.987. The van der Waals surface area contributed by atoms with Crippen molar-refractivity contribution in [3.05, 3.63) is 24.3 Å². The molecule has 0 spiro atoms. The number of hydrogen-bond acceptors (Lipinski definition) is 5. The molecule has 1 fully saturated rings. The van der Waals surface area contributed by atoms with Crippen LogP contribution in [0.3, 0.4) is 0 Å². The van der Waals surface area contributed by atoms with Gasteiger partial charge in [0.1, 0.15) is 11.3 Å². The third-order valence-electron chi connectivity index (χ3n) is 4.41. The quantitative estimate of drug-likeness (QED) is 0.746. The predicted octanol–water partition coefficient (Wildman–Crippen LogP) is 1.80. The number of anilines is 1. The summed E-state index contributed by atoms with van der Waals surface area (Å²) in [6, 6.07) is 6.97. The van der Waals surface area contributed by atoms with Gasteiger partial charge in [0, 0.05) is 38.1 Å². The van der Waals surface area contributed by atoms with Crippen LogP contribution in [0.1, 0.15) is 26.7 Å². The number of likely N-dealkylation sites (N-methyl/N-ethyl adjacent to an activating group) is 1. The third kappa shape index (κ3) is 5.86. The van der Waals surface area contributed by atoms with Gasteiger partial charge in [-0.25, -0.2) is 0 Å². The summed E-state index contributed by atoms with van der Waals surface area (Å²) in [6.45, 7) is 6.10. The van der Waals surface area contributed by atoms with Crippen LogP contribution in [-0.2, 0) is 14.3 Å². The van der Waals surface area contributed by atoms with Gasteiger partial charge in [-0.1, -0.05) is 6.07 Å². The maximum atomic E-state index is 12.4. The van der Waals surface area contributed by atoms with Gasteiger partial charge in [0.25, 0.3) is 5.91 Å². The van der Waals surface area contributed by atoms with Crippen molar-refractivity contribution in [1.29, 1.82) is 0 Å². The molecule has 7 nitrogen and oxygen atoms in total. The summed E-state index contributed by atoms with van der Waals surface area (Å²) >= 11 is 0. The average Bonchev–Trinajstić information content (AvgIpc) is 2.62. The van der Waals surface area contributed by atoms with E-state index in [1.165, 1.54) is 0 Å². The number of nitrogens with zero attached hydrogens (tertiary/aromatic N) is 1. The first-order chi connectivity index (χ1) is 12.0. The fourth-order valence-electron chi connectivity index (χ4n) is 2.69. The van der Waals surface area contributed by atoms with Crippen LogP contribution < -0.4 is 15.8 Å². The number of nitrogens with two attached hydrogens (primary N) is 1. The van der Waals surface area contributed by atoms with E-state index in [-0.39, 0.29) is 30.8 Å². The molecular weight excluding hydrogens is 358 g/mol. The number of carbonyl (C=O) groups is 2. The van der Waals surface area contributed by atoms with Crippen molar-refractivity contribution in [3.63, 3.8) is 0 Å². The lowest BCUT2D eigenvalue weighted by atomic mass is 9.90. The molecule has 1 saturated heterocycles. The lowest BCUT2D eigenvalue weighted by Crippen LogP contribution is -2.54. The first kappa shape index (κ1) is 22.2. The molecule has 26 heavy (non-hydrogen) atoms. The maximum absolute atomic E-state index is 12.4. The van der Waals surface area contributed by atoms with Crippen LogP contribution in [-0.4, -0.2) is 55.2 Å². The Balaban J connectivity index is 0.00000338. The number of amides is 2. The largest absolute Gasteiger partial charge is 0.484 e. The van der Waals surface area contributed by atoms with Crippen molar-refractivity contribution in [3.8, 4) is 5.75 Å². The van der Waals surface area contributed by atoms with Gasteiger partial charge in [-0.2, -0.15) is 0 Å². The van der Waals surface area contributed by atoms with Crippen LogP contribution in [0.5, 0.6) is 5.75 Å². The van der Waals surface area contributed by atoms with Crippen molar-refractivity contribution >= 4 is 29.9 Å². The lowest BCUT2D eigenvalue weighted by molar-refractivity contribution is -0.133. The molecule has 0 unspecified atom stereocenters. The molecule has 0 bridgehead atoms. The highest BCUT2D eigenvalue weighted by Gasteiger charge is 2.35. The highest BCUT2D eigenvalue weighted by Crippen LogP contribution is 2.22. The van der Waals surface area contributed by atoms with Crippen LogP contribution >= 0.6 is 12.4 Å². The van der Waals surface area contributed by atoms with Crippen LogP contribution in [0.25, 0.3) is 0 Å². The van der Waals surface area contributed by atoms with Gasteiger partial charge in [-0.15, -0.1) is 12.4 Å². The molecular formula is C18H28ClN3O4. The fourth-order valence-corrected chi connectivity index (χ4v) is 2.69. The minimum Gasteiger partial charge on any atom is -0.484 e. The summed E-state index contributed by atoms with van der Waals surface area (Å²) in [5, 5.41) is 2.83.